The van der Waals surface area contributed by atoms with E-state index in [-0.39, 0.29) is 17.9 Å². The molecule has 27 heavy (non-hydrogen) atoms. The number of nitrogens with zero attached hydrogens (tertiary/aromatic N) is 1. The number of benzene rings is 1. The van der Waals surface area contributed by atoms with Crippen molar-refractivity contribution in [1.29, 1.82) is 0 Å². The molecule has 1 aliphatic heterocycles. The number of allylic oxidation sites excluding steroid dienone is 1. The standard InChI is InChI=1S/C19H19F4NO2S/c1-3-8-27-17-15-13(18(26-2)19(21,22)23)9-12(20)10-14(15)24-6-4-11(5-7-25)16(17)24/h3,7-11,18H,4-6H2,1-2H3/b8-3+. The molecule has 146 valence electrons. The van der Waals surface area contributed by atoms with Gasteiger partial charge < -0.3 is 14.1 Å². The van der Waals surface area contributed by atoms with Crippen LogP contribution in [0.4, 0.5) is 17.6 Å². The molecule has 8 heteroatoms. The second kappa shape index (κ2) is 7.67. The van der Waals surface area contributed by atoms with Gasteiger partial charge in [-0.2, -0.15) is 13.2 Å². The van der Waals surface area contributed by atoms with Crippen molar-refractivity contribution in [2.24, 2.45) is 0 Å². The highest BCUT2D eigenvalue weighted by Gasteiger charge is 2.43. The highest BCUT2D eigenvalue weighted by Crippen LogP contribution is 2.49. The number of hydrogen-bond acceptors (Lipinski definition) is 3. The van der Waals surface area contributed by atoms with Gasteiger partial charge in [0.2, 0.25) is 0 Å². The molecule has 3 nitrogen and oxygen atoms in total. The fourth-order valence-corrected chi connectivity index (χ4v) is 4.78. The van der Waals surface area contributed by atoms with Crippen molar-refractivity contribution >= 4 is 29.0 Å². The monoisotopic (exact) mass is 401 g/mol. The fraction of sp³-hybridized carbons (Fsp3) is 0.421. The van der Waals surface area contributed by atoms with Gasteiger partial charge in [0.1, 0.15) is 12.1 Å². The van der Waals surface area contributed by atoms with Gasteiger partial charge in [0.25, 0.3) is 0 Å². The quantitative estimate of drug-likeness (QED) is 0.352. The van der Waals surface area contributed by atoms with Gasteiger partial charge >= 0.3 is 6.18 Å². The molecule has 0 fully saturated rings. The lowest BCUT2D eigenvalue weighted by molar-refractivity contribution is -0.215. The zero-order valence-electron chi connectivity index (χ0n) is 14.8. The molecular formula is C19H19F4NO2S. The second-order valence-electron chi connectivity index (χ2n) is 6.39. The van der Waals surface area contributed by atoms with E-state index in [4.69, 9.17) is 4.74 Å². The third-order valence-corrected chi connectivity index (χ3v) is 5.82. The van der Waals surface area contributed by atoms with Crippen LogP contribution in [-0.4, -0.2) is 24.1 Å². The first-order valence-electron chi connectivity index (χ1n) is 8.50. The van der Waals surface area contributed by atoms with E-state index in [0.29, 0.717) is 28.8 Å². The third-order valence-electron chi connectivity index (χ3n) is 4.76. The molecule has 0 amide bonds. The first-order valence-corrected chi connectivity index (χ1v) is 9.37. The summed E-state index contributed by atoms with van der Waals surface area (Å²) in [7, 11) is 0.965. The van der Waals surface area contributed by atoms with Crippen LogP contribution in [0.1, 0.15) is 43.0 Å². The molecule has 1 aromatic carbocycles. The number of carbonyl (C=O) groups is 1. The molecule has 0 bridgehead atoms. The Bertz CT molecular complexity index is 888. The molecule has 0 spiro atoms. The Morgan fingerprint density at radius 1 is 1.41 bits per heavy atom. The van der Waals surface area contributed by atoms with E-state index < -0.39 is 18.1 Å². The minimum atomic E-state index is -4.67. The topological polar surface area (TPSA) is 31.2 Å². The van der Waals surface area contributed by atoms with Crippen LogP contribution in [0.15, 0.2) is 28.5 Å². The zero-order chi connectivity index (χ0) is 19.8. The van der Waals surface area contributed by atoms with Gasteiger partial charge in [0.15, 0.2) is 6.10 Å². The van der Waals surface area contributed by atoms with Crippen molar-refractivity contribution in [1.82, 2.24) is 4.57 Å². The van der Waals surface area contributed by atoms with Crippen molar-refractivity contribution in [2.75, 3.05) is 7.11 Å². The predicted octanol–water partition coefficient (Wildman–Crippen LogP) is 5.73. The van der Waals surface area contributed by atoms with E-state index in [0.717, 1.165) is 25.2 Å². The Hall–Kier alpha value is -1.80. The summed E-state index contributed by atoms with van der Waals surface area (Å²) in [4.78, 5) is 11.7. The predicted molar refractivity (Wildman–Crippen MR) is 96.4 cm³/mol. The zero-order valence-corrected chi connectivity index (χ0v) is 15.7. The molecule has 2 atom stereocenters. The van der Waals surface area contributed by atoms with Crippen molar-refractivity contribution in [3.05, 3.63) is 40.7 Å². The number of alkyl halides is 3. The van der Waals surface area contributed by atoms with Crippen LogP contribution in [0.25, 0.3) is 10.9 Å². The fourth-order valence-electron chi connectivity index (χ4n) is 3.77. The summed E-state index contributed by atoms with van der Waals surface area (Å²) >= 11 is 1.29. The van der Waals surface area contributed by atoms with Gasteiger partial charge in [0.05, 0.1) is 5.52 Å². The molecule has 0 saturated heterocycles. The number of fused-ring (bicyclic) bond motifs is 3. The number of aryl methyl sites for hydroxylation is 1. The van der Waals surface area contributed by atoms with Crippen LogP contribution < -0.4 is 0 Å². The number of methoxy groups -OCH3 is 1. The first kappa shape index (κ1) is 19.9. The van der Waals surface area contributed by atoms with Crippen LogP contribution in [0.3, 0.4) is 0 Å². The van der Waals surface area contributed by atoms with Gasteiger partial charge in [-0.25, -0.2) is 4.39 Å². The number of aldehydes is 1. The number of halogens is 4. The summed E-state index contributed by atoms with van der Waals surface area (Å²) in [6, 6.07) is 2.16. The Labute approximate surface area is 158 Å². The molecule has 0 saturated carbocycles. The molecule has 0 N–H and O–H groups in total. The number of carbonyl (C=O) groups excluding carboxylic acids is 1. The molecule has 3 rings (SSSR count). The molecule has 2 aromatic rings. The summed E-state index contributed by atoms with van der Waals surface area (Å²) in [6.45, 7) is 2.34. The number of rotatable bonds is 6. The lowest BCUT2D eigenvalue weighted by Gasteiger charge is -2.21. The van der Waals surface area contributed by atoms with Crippen LogP contribution in [0.5, 0.6) is 0 Å². The number of thioether (sulfide) groups is 1. The van der Waals surface area contributed by atoms with Crippen molar-refractivity contribution in [3.63, 3.8) is 0 Å². The smallest absolute Gasteiger partial charge is 0.367 e. The first-order chi connectivity index (χ1) is 12.8. The summed E-state index contributed by atoms with van der Waals surface area (Å²) in [5.74, 6) is -0.837. The molecule has 2 heterocycles. The van der Waals surface area contributed by atoms with E-state index in [2.05, 4.69) is 0 Å². The number of aromatic nitrogens is 1. The van der Waals surface area contributed by atoms with Crippen molar-refractivity contribution < 1.29 is 27.1 Å². The van der Waals surface area contributed by atoms with Gasteiger partial charge in [-0.3, -0.25) is 0 Å². The van der Waals surface area contributed by atoms with Crippen LogP contribution in [-0.2, 0) is 16.1 Å². The van der Waals surface area contributed by atoms with Crippen LogP contribution in [0, 0.1) is 5.82 Å². The van der Waals surface area contributed by atoms with Gasteiger partial charge in [-0.15, -0.1) is 0 Å². The third kappa shape index (κ3) is 3.52. The number of ether oxygens (including phenoxy) is 1. The normalized spacial score (nSPS) is 18.4. The van der Waals surface area contributed by atoms with Gasteiger partial charge in [0, 0.05) is 47.5 Å². The maximum Gasteiger partial charge on any atom is 0.418 e. The van der Waals surface area contributed by atoms with Crippen molar-refractivity contribution in [3.8, 4) is 0 Å². The average Bonchev–Trinajstić information content (AvgIpc) is 3.12. The average molecular weight is 401 g/mol. The van der Waals surface area contributed by atoms with E-state index >= 15 is 0 Å². The maximum atomic E-state index is 14.2. The van der Waals surface area contributed by atoms with E-state index in [1.807, 2.05) is 11.5 Å². The lowest BCUT2D eigenvalue weighted by Crippen LogP contribution is -2.23. The second-order valence-corrected chi connectivity index (χ2v) is 7.30. The Kier molecular flexibility index (Phi) is 5.67. The molecule has 2 unspecified atom stereocenters. The molecular weight excluding hydrogens is 382 g/mol. The Morgan fingerprint density at radius 3 is 2.74 bits per heavy atom. The largest absolute Gasteiger partial charge is 0.418 e. The molecule has 0 aliphatic carbocycles. The summed E-state index contributed by atoms with van der Waals surface area (Å²) in [5, 5.41) is 2.11. The lowest BCUT2D eigenvalue weighted by atomic mass is 9.98. The molecule has 1 aromatic heterocycles. The van der Waals surface area contributed by atoms with E-state index in [9.17, 15) is 22.4 Å². The van der Waals surface area contributed by atoms with Crippen LogP contribution >= 0.6 is 11.8 Å². The van der Waals surface area contributed by atoms with E-state index in [1.54, 1.807) is 11.5 Å². The molecule has 1 aliphatic rings. The minimum absolute atomic E-state index is 0.0922. The SMILES string of the molecule is C/C=C/Sc1c2n(c3cc(F)cc(C(OC)C(F)(F)F)c13)CCC2CC=O. The highest BCUT2D eigenvalue weighted by atomic mass is 32.2. The molecule has 0 radical (unpaired) electrons. The van der Waals surface area contributed by atoms with Gasteiger partial charge in [-0.1, -0.05) is 17.8 Å². The van der Waals surface area contributed by atoms with Crippen LogP contribution in [0.2, 0.25) is 0 Å². The van der Waals surface area contributed by atoms with Crippen molar-refractivity contribution in [2.45, 2.75) is 49.4 Å². The summed E-state index contributed by atoms with van der Waals surface area (Å²) in [5.41, 5.74) is 0.967. The number of hydrogen-bond donors (Lipinski definition) is 0. The highest BCUT2D eigenvalue weighted by molar-refractivity contribution is 8.02. The Morgan fingerprint density at radius 2 is 2.15 bits per heavy atom. The summed E-state index contributed by atoms with van der Waals surface area (Å²) in [6.07, 6.45) is -3.32. The Balaban J connectivity index is 2.35. The van der Waals surface area contributed by atoms with E-state index in [1.165, 1.54) is 17.8 Å². The summed E-state index contributed by atoms with van der Waals surface area (Å²) < 4.78 is 61.4. The van der Waals surface area contributed by atoms with Gasteiger partial charge in [-0.05, 0) is 30.9 Å². The maximum absolute atomic E-state index is 14.2. The minimum Gasteiger partial charge on any atom is -0.367 e.